The van der Waals surface area contributed by atoms with Crippen LogP contribution in [0.2, 0.25) is 0 Å². The summed E-state index contributed by atoms with van der Waals surface area (Å²) >= 11 is 0. The highest BCUT2D eigenvalue weighted by Gasteiger charge is 2.21. The maximum Gasteiger partial charge on any atom is 0.233 e. The zero-order chi connectivity index (χ0) is 98.3. The number of rotatable bonds is 63. The molecule has 43 heteroatoms. The standard InChI is InChI=1S/C99H137N43/c1-9-17-49-101-79-121-80(102-50-18-10-2)126-87(125-79)109-61-67-25-37-73(38-26-67)115-93-133-91(134-94(137-93)116-74-39-27-68(28-40-74)62-110-88-127-81(103-51-19-11-3)122-82(128-88)104-52-20-12-4)113-65-71-33-45-77(46-34-71)119-97-139-98(141-99(140-97)142-59-57-100-58-60-142)120-78-47-35-72(36-48-78)66-114-92-135-95(117-75-41-29-69(30-42-75)63-111-89-129-83(105-53-21-13-5)123-84(130-89)106-54-22-14-6)138-96(136-92)118-76-43-31-70(32-44-76)64-112-90-131-85(107-55-23-15-7)124-86(132-90)108-56-24-16-8/h25-48,100H,9-24,49-66H2,1-8H3,(H2,119,120,139,140,141)(H3,101,102,109,121,125,126)(H3,103,104,110,122,127,128)(H3,105,106,111,123,129,130)(H3,107,108,112,124,131,132)(H3,113,115,116,133,134,137)(H3,114,117,118,135,136,138). The van der Waals surface area contributed by atoms with Crippen molar-refractivity contribution in [3.05, 3.63) is 179 Å². The number of benzene rings is 6. The third-order valence-electron chi connectivity index (χ3n) is 22.3. The molecule has 1 aliphatic rings. The lowest BCUT2D eigenvalue weighted by Crippen LogP contribution is -2.44. The Morgan fingerprint density at radius 2 is 0.324 bits per heavy atom. The van der Waals surface area contributed by atoms with Gasteiger partial charge in [0.05, 0.1) is 0 Å². The highest BCUT2D eigenvalue weighted by Crippen LogP contribution is 2.29. The lowest BCUT2D eigenvalue weighted by Gasteiger charge is -2.27. The summed E-state index contributed by atoms with van der Waals surface area (Å²) in [6.45, 7) is 29.1. The Morgan fingerprint density at radius 3 is 0.486 bits per heavy atom. The molecular weight excluding hydrogens is 1790 g/mol. The average Bonchev–Trinajstić information content (AvgIpc) is 0.824. The molecule has 8 heterocycles. The minimum Gasteiger partial charge on any atom is -0.354 e. The molecule has 14 rings (SSSR count). The molecule has 6 aromatic carbocycles. The van der Waals surface area contributed by atoms with Crippen LogP contribution in [-0.2, 0) is 39.3 Å². The SMILES string of the molecule is CCCCNc1nc(NCCCC)nc(NCc2ccc(Nc3nc(NCc4ccc(Nc5nc(Nc6ccc(CNc7nc(Nc8ccc(CNc9nc(NCCCC)nc(NCCCC)n9)cc8)nc(Nc8ccc(CNc9nc(NCCCC)nc(NCCCC)n9)cc8)n7)cc6)nc(N6CCNCC6)n5)cc4)nc(Nc4ccc(CNc5nc(NCCCC)nc(NCCCC)n5)cc4)n3)cc2)n1. The fourth-order valence-electron chi connectivity index (χ4n) is 14.2. The van der Waals surface area contributed by atoms with Crippen LogP contribution in [0.25, 0.3) is 0 Å². The van der Waals surface area contributed by atoms with Crippen molar-refractivity contribution in [3.8, 4) is 0 Å². The van der Waals surface area contributed by atoms with Crippen molar-refractivity contribution in [3.63, 3.8) is 0 Å². The highest BCUT2D eigenvalue weighted by molar-refractivity contribution is 5.65. The predicted octanol–water partition coefficient (Wildman–Crippen LogP) is 18.2. The van der Waals surface area contributed by atoms with Gasteiger partial charge in [-0.25, -0.2) is 0 Å². The van der Waals surface area contributed by atoms with E-state index < -0.39 is 0 Å². The van der Waals surface area contributed by atoms with Gasteiger partial charge in [-0.15, -0.1) is 0 Å². The molecule has 0 atom stereocenters. The summed E-state index contributed by atoms with van der Waals surface area (Å²) in [5, 5.41) is 71.5. The van der Waals surface area contributed by atoms with Gasteiger partial charge in [-0.3, -0.25) is 0 Å². The van der Waals surface area contributed by atoms with E-state index in [1.54, 1.807) is 0 Å². The molecule has 43 nitrogen and oxygen atoms in total. The van der Waals surface area contributed by atoms with E-state index >= 15 is 0 Å². The van der Waals surface area contributed by atoms with Gasteiger partial charge in [0.25, 0.3) is 0 Å². The molecule has 13 aromatic rings. The molecule has 0 radical (unpaired) electrons. The third-order valence-corrected chi connectivity index (χ3v) is 22.3. The van der Waals surface area contributed by atoms with Gasteiger partial charge in [-0.05, 0) is 158 Å². The van der Waals surface area contributed by atoms with Gasteiger partial charge in [0, 0.05) is 152 Å². The van der Waals surface area contributed by atoms with Gasteiger partial charge in [0.1, 0.15) is 0 Å². The Hall–Kier alpha value is -15.9. The lowest BCUT2D eigenvalue weighted by atomic mass is 10.2. The first-order chi connectivity index (χ1) is 69.8. The summed E-state index contributed by atoms with van der Waals surface area (Å²) in [7, 11) is 0. The topological polar surface area (TPSA) is 527 Å². The van der Waals surface area contributed by atoms with E-state index in [9.17, 15) is 0 Å². The Labute approximate surface area is 830 Å². The number of nitrogens with one attached hydrogen (secondary N) is 21. The van der Waals surface area contributed by atoms with E-state index in [1.807, 2.05) is 146 Å². The Kier molecular flexibility index (Phi) is 40.0. The summed E-state index contributed by atoms with van der Waals surface area (Å²) in [6, 6.07) is 48.2. The van der Waals surface area contributed by atoms with Crippen LogP contribution in [0.3, 0.4) is 0 Å². The maximum atomic E-state index is 4.97. The molecule has 748 valence electrons. The number of nitrogens with zero attached hydrogens (tertiary/aromatic N) is 22. The van der Waals surface area contributed by atoms with Crippen molar-refractivity contribution in [1.82, 2.24) is 110 Å². The quantitative estimate of drug-likeness (QED) is 0.0157. The third kappa shape index (κ3) is 34.3. The second kappa shape index (κ2) is 55.7. The highest BCUT2D eigenvalue weighted by atomic mass is 15.4. The van der Waals surface area contributed by atoms with Crippen molar-refractivity contribution < 1.29 is 0 Å². The first-order valence-corrected chi connectivity index (χ1v) is 50.1. The van der Waals surface area contributed by atoms with E-state index in [2.05, 4.69) is 232 Å². The van der Waals surface area contributed by atoms with Crippen LogP contribution >= 0.6 is 0 Å². The number of aromatic nitrogens is 21. The number of anilines is 27. The fraction of sp³-hybridized carbons (Fsp3) is 0.424. The van der Waals surface area contributed by atoms with Crippen molar-refractivity contribution in [1.29, 1.82) is 0 Å². The van der Waals surface area contributed by atoms with Crippen LogP contribution in [0.1, 0.15) is 192 Å². The smallest absolute Gasteiger partial charge is 0.233 e. The number of unbranched alkanes of at least 4 members (excludes halogenated alkanes) is 8. The van der Waals surface area contributed by atoms with E-state index in [1.165, 1.54) is 0 Å². The zero-order valence-electron chi connectivity index (χ0n) is 82.7. The van der Waals surface area contributed by atoms with E-state index in [0.29, 0.717) is 164 Å². The molecule has 1 fully saturated rings. The van der Waals surface area contributed by atoms with Crippen LogP contribution in [-0.4, -0.2) is 183 Å². The predicted molar refractivity (Wildman–Crippen MR) is 573 cm³/mol. The van der Waals surface area contributed by atoms with Gasteiger partial charge in [0.2, 0.25) is 125 Å². The average molecular weight is 1930 g/mol. The second-order valence-corrected chi connectivity index (χ2v) is 34.2. The molecular formula is C99H137N43. The minimum absolute atomic E-state index is 0.322. The molecule has 0 saturated carbocycles. The molecule has 7 aromatic heterocycles. The monoisotopic (exact) mass is 1930 g/mol. The molecule has 0 bridgehead atoms. The van der Waals surface area contributed by atoms with Gasteiger partial charge in [-0.1, -0.05) is 180 Å². The van der Waals surface area contributed by atoms with E-state index in [-0.39, 0.29) is 0 Å². The minimum atomic E-state index is 0.322. The Morgan fingerprint density at radius 1 is 0.183 bits per heavy atom. The zero-order valence-corrected chi connectivity index (χ0v) is 82.7. The first kappa shape index (κ1) is 102. The summed E-state index contributed by atoms with van der Waals surface area (Å²) in [5.74, 6) is 9.42. The molecule has 0 aliphatic carbocycles. The Balaban J connectivity index is 0.641. The van der Waals surface area contributed by atoms with Crippen LogP contribution in [0.15, 0.2) is 146 Å². The van der Waals surface area contributed by atoms with Gasteiger partial charge in [-0.2, -0.15) is 105 Å². The van der Waals surface area contributed by atoms with E-state index in [0.717, 1.165) is 249 Å². The van der Waals surface area contributed by atoms with Crippen LogP contribution in [0.5, 0.6) is 0 Å². The molecule has 21 N–H and O–H groups in total. The lowest BCUT2D eigenvalue weighted by molar-refractivity contribution is 0.579. The Bertz CT molecular complexity index is 5210. The molecule has 0 unspecified atom stereocenters. The second-order valence-electron chi connectivity index (χ2n) is 34.2. The van der Waals surface area contributed by atoms with Gasteiger partial charge < -0.3 is 117 Å². The summed E-state index contributed by atoms with van der Waals surface area (Å²) in [4.78, 5) is 102. The number of hydrogen-bond acceptors (Lipinski definition) is 43. The van der Waals surface area contributed by atoms with Crippen molar-refractivity contribution >= 4 is 159 Å². The summed E-state index contributed by atoms with van der Waals surface area (Å²) in [6.07, 6.45) is 16.5. The normalized spacial score (nSPS) is 11.6. The van der Waals surface area contributed by atoms with Crippen LogP contribution < -0.4 is 117 Å². The molecule has 0 amide bonds. The largest absolute Gasteiger partial charge is 0.354 e. The summed E-state index contributed by atoms with van der Waals surface area (Å²) in [5.41, 5.74) is 10.6. The molecule has 0 spiro atoms. The van der Waals surface area contributed by atoms with Crippen molar-refractivity contribution in [2.75, 3.05) is 190 Å². The summed E-state index contributed by atoms with van der Waals surface area (Å²) < 4.78 is 0. The molecule has 1 saturated heterocycles. The van der Waals surface area contributed by atoms with Gasteiger partial charge in [0.15, 0.2) is 0 Å². The van der Waals surface area contributed by atoms with Crippen molar-refractivity contribution in [2.24, 2.45) is 0 Å². The van der Waals surface area contributed by atoms with E-state index in [4.69, 9.17) is 44.9 Å². The molecule has 1 aliphatic heterocycles. The number of piperazine rings is 1. The van der Waals surface area contributed by atoms with Crippen LogP contribution in [0, 0.1) is 0 Å². The van der Waals surface area contributed by atoms with Gasteiger partial charge >= 0.3 is 0 Å². The maximum absolute atomic E-state index is 4.97. The first-order valence-electron chi connectivity index (χ1n) is 50.1. The van der Waals surface area contributed by atoms with Crippen molar-refractivity contribution in [2.45, 2.75) is 197 Å². The fourth-order valence-corrected chi connectivity index (χ4v) is 14.2. The molecule has 142 heavy (non-hydrogen) atoms. The van der Waals surface area contributed by atoms with Crippen LogP contribution in [0.4, 0.5) is 159 Å². The number of hydrogen-bond donors (Lipinski definition) is 21.